The van der Waals surface area contributed by atoms with E-state index in [1.54, 1.807) is 30.3 Å². The lowest BCUT2D eigenvalue weighted by molar-refractivity contribution is -0.137. The van der Waals surface area contributed by atoms with Crippen LogP contribution in [0.1, 0.15) is 33.6 Å². The van der Waals surface area contributed by atoms with Gasteiger partial charge in [0.15, 0.2) is 22.3 Å². The highest BCUT2D eigenvalue weighted by molar-refractivity contribution is 8.13. The summed E-state index contributed by atoms with van der Waals surface area (Å²) in [7, 11) is -16.5. The van der Waals surface area contributed by atoms with Crippen LogP contribution in [0.2, 0.25) is 0 Å². The number of aromatic nitrogens is 4. The highest BCUT2D eigenvalue weighted by Gasteiger charge is 2.57. The number of hydrogen-bond acceptors (Lipinski definition) is 20. The van der Waals surface area contributed by atoms with Crippen LogP contribution in [-0.2, 0) is 56.4 Å². The number of fused-ring (bicyclic) bond motifs is 1. The summed E-state index contributed by atoms with van der Waals surface area (Å²) in [6, 6.07) is 8.76. The second-order valence-corrected chi connectivity index (χ2v) is 19.7. The summed E-state index contributed by atoms with van der Waals surface area (Å²) >= 11 is 0.905. The normalized spacial score (nSPS) is 22.3. The van der Waals surface area contributed by atoms with Crippen molar-refractivity contribution in [3.63, 3.8) is 0 Å². The second-order valence-electron chi connectivity index (χ2n) is 14.3. The highest BCUT2D eigenvalue weighted by Crippen LogP contribution is 2.61. The standard InChI is InChI=1S/C32H48N7O19P3S/c1-31(2,27(44)30(45)35-10-9-22(41)34-11-12-62-23(42)13-19(40)14-53-20-7-5-4-6-8-20)16-55-61(51,52)58-60(49,50)54-15-21-25(57-59(46,47)48)26(43)32(3,56-21)39-18-38-24-28(33)36-17-37-29(24)39/h4-8,17-19,21,25-27,40,43-44H,9-16H2,1-3H3,(H,34,41)(H,35,45)(H,49,50)(H,51,52)(H2,33,36,37)(H2,46,47,48). The smallest absolute Gasteiger partial charge is 0.481 e. The fourth-order valence-corrected chi connectivity index (χ4v) is 9.19. The average Bonchev–Trinajstić information content (AvgIpc) is 3.73. The molecule has 2 aromatic heterocycles. The van der Waals surface area contributed by atoms with E-state index < -0.39 is 90.2 Å². The summed E-state index contributed by atoms with van der Waals surface area (Å²) in [4.78, 5) is 88.4. The zero-order valence-corrected chi connectivity index (χ0v) is 36.7. The number of nitrogen functional groups attached to an aromatic ring is 1. The predicted molar refractivity (Wildman–Crippen MR) is 214 cm³/mol. The Morgan fingerprint density at radius 1 is 1.02 bits per heavy atom. The molecule has 4 rings (SSSR count). The quantitative estimate of drug-likeness (QED) is 0.0406. The Kier molecular flexibility index (Phi) is 17.7. The number of nitrogens with zero attached hydrogens (tertiary/aromatic N) is 4. The zero-order valence-electron chi connectivity index (χ0n) is 33.2. The van der Waals surface area contributed by atoms with Crippen LogP contribution in [0.3, 0.4) is 0 Å². The minimum Gasteiger partial charge on any atom is -0.491 e. The van der Waals surface area contributed by atoms with E-state index in [-0.39, 0.29) is 60.4 Å². The summed E-state index contributed by atoms with van der Waals surface area (Å²) in [5, 5.41) is 36.4. The Morgan fingerprint density at radius 3 is 2.37 bits per heavy atom. The third-order valence-corrected chi connectivity index (χ3v) is 12.8. The van der Waals surface area contributed by atoms with Crippen molar-refractivity contribution in [2.75, 3.05) is 44.4 Å². The van der Waals surface area contributed by atoms with Gasteiger partial charge in [-0.15, -0.1) is 0 Å². The maximum absolute atomic E-state index is 12.8. The number of hydrogen-bond donors (Lipinski definition) is 10. The minimum atomic E-state index is -5.61. The van der Waals surface area contributed by atoms with Crippen molar-refractivity contribution in [3.05, 3.63) is 43.0 Å². The van der Waals surface area contributed by atoms with Crippen LogP contribution in [-0.4, -0.2) is 141 Å². The molecule has 1 saturated heterocycles. The summed E-state index contributed by atoms with van der Waals surface area (Å²) in [6.45, 7) is 1.41. The number of nitrogens with one attached hydrogen (secondary N) is 2. The average molecular weight is 960 g/mol. The summed E-state index contributed by atoms with van der Waals surface area (Å²) in [5.74, 6) is -0.808. The fraction of sp³-hybridized carbons (Fsp3) is 0.562. The van der Waals surface area contributed by atoms with Crippen molar-refractivity contribution in [1.82, 2.24) is 30.2 Å². The van der Waals surface area contributed by atoms with Crippen molar-refractivity contribution in [2.24, 2.45) is 5.41 Å². The number of carbonyl (C=O) groups is 3. The van der Waals surface area contributed by atoms with Gasteiger partial charge in [-0.3, -0.25) is 32.5 Å². The van der Waals surface area contributed by atoms with Crippen LogP contribution in [0, 0.1) is 5.41 Å². The SMILES string of the molecule is CC(C)(COP(=O)(O)OP(=O)(O)OCC1OC(C)(n2cnc3c(N)ncnc32)C(O)C1OP(=O)(O)O)C(O)C(=O)NCCC(=O)NCCSC(=O)CC(O)COc1ccccc1. The van der Waals surface area contributed by atoms with Gasteiger partial charge in [-0.05, 0) is 19.1 Å². The van der Waals surface area contributed by atoms with Crippen molar-refractivity contribution >= 4 is 69.1 Å². The van der Waals surface area contributed by atoms with Crippen LogP contribution in [0.5, 0.6) is 5.75 Å². The molecule has 346 valence electrons. The van der Waals surface area contributed by atoms with E-state index >= 15 is 0 Å². The number of ether oxygens (including phenoxy) is 2. The Bertz CT molecular complexity index is 2170. The molecule has 1 fully saturated rings. The molecular formula is C32H48N7O19P3S. The van der Waals surface area contributed by atoms with Gasteiger partial charge in [-0.2, -0.15) is 4.31 Å². The van der Waals surface area contributed by atoms with Gasteiger partial charge < -0.3 is 60.7 Å². The largest absolute Gasteiger partial charge is 0.491 e. The van der Waals surface area contributed by atoms with Crippen LogP contribution < -0.4 is 21.1 Å². The number of para-hydroxylation sites is 1. The number of rotatable bonds is 24. The van der Waals surface area contributed by atoms with E-state index in [4.69, 9.17) is 28.8 Å². The molecule has 11 N–H and O–H groups in total. The molecule has 0 aliphatic carbocycles. The molecule has 1 aliphatic rings. The Hall–Kier alpha value is -3.46. The highest BCUT2D eigenvalue weighted by atomic mass is 32.2. The van der Waals surface area contributed by atoms with E-state index in [2.05, 4.69) is 29.9 Å². The molecule has 0 bridgehead atoms. The number of anilines is 1. The molecule has 0 saturated carbocycles. The first kappa shape index (κ1) is 51.2. The van der Waals surface area contributed by atoms with E-state index in [1.807, 2.05) is 0 Å². The number of amides is 2. The van der Waals surface area contributed by atoms with Gasteiger partial charge in [-0.1, -0.05) is 43.8 Å². The Morgan fingerprint density at radius 2 is 1.69 bits per heavy atom. The molecule has 0 spiro atoms. The number of aliphatic hydroxyl groups excluding tert-OH is 3. The van der Waals surface area contributed by atoms with E-state index in [1.165, 1.54) is 20.8 Å². The van der Waals surface area contributed by atoms with Gasteiger partial charge in [0.2, 0.25) is 11.8 Å². The molecule has 30 heteroatoms. The molecule has 2 amide bonds. The maximum Gasteiger partial charge on any atom is 0.481 e. The third-order valence-electron chi connectivity index (χ3n) is 8.84. The molecule has 0 radical (unpaired) electrons. The fourth-order valence-electron chi connectivity index (χ4n) is 5.63. The van der Waals surface area contributed by atoms with Gasteiger partial charge in [0.25, 0.3) is 0 Å². The molecule has 26 nitrogen and oxygen atoms in total. The van der Waals surface area contributed by atoms with Crippen LogP contribution >= 0.6 is 35.2 Å². The lowest BCUT2D eigenvalue weighted by atomic mass is 9.87. The molecular weight excluding hydrogens is 911 g/mol. The van der Waals surface area contributed by atoms with Gasteiger partial charge >= 0.3 is 23.5 Å². The van der Waals surface area contributed by atoms with Crippen molar-refractivity contribution in [3.8, 4) is 5.75 Å². The number of phosphoric ester groups is 3. The number of nitrogens with two attached hydrogens (primary N) is 1. The third kappa shape index (κ3) is 14.8. The first-order valence-corrected chi connectivity index (χ1v) is 23.8. The lowest BCUT2D eigenvalue weighted by Crippen LogP contribution is -2.46. The summed E-state index contributed by atoms with van der Waals surface area (Å²) in [5.41, 5.74) is 2.25. The van der Waals surface area contributed by atoms with Crippen LogP contribution in [0.15, 0.2) is 43.0 Å². The van der Waals surface area contributed by atoms with Crippen molar-refractivity contribution in [2.45, 2.75) is 69.9 Å². The monoisotopic (exact) mass is 959 g/mol. The molecule has 8 unspecified atom stereocenters. The number of carbonyl (C=O) groups excluding carboxylic acids is 3. The minimum absolute atomic E-state index is 0.0109. The molecule has 62 heavy (non-hydrogen) atoms. The molecule has 1 aliphatic heterocycles. The first-order valence-electron chi connectivity index (χ1n) is 18.3. The molecule has 3 heterocycles. The lowest BCUT2D eigenvalue weighted by Gasteiger charge is -2.30. The first-order chi connectivity index (χ1) is 28.8. The Balaban J connectivity index is 1.19. The molecule has 1 aromatic carbocycles. The van der Waals surface area contributed by atoms with E-state index in [0.29, 0.717) is 5.75 Å². The second kappa shape index (κ2) is 21.5. The Labute approximate surface area is 357 Å². The number of thioether (sulfide) groups is 1. The number of benzene rings is 1. The van der Waals surface area contributed by atoms with Gasteiger partial charge in [0.1, 0.15) is 48.6 Å². The predicted octanol–water partition coefficient (Wildman–Crippen LogP) is -0.331. The summed E-state index contributed by atoms with van der Waals surface area (Å²) < 4.78 is 68.2. The van der Waals surface area contributed by atoms with Gasteiger partial charge in [0, 0.05) is 37.1 Å². The summed E-state index contributed by atoms with van der Waals surface area (Å²) in [6.07, 6.45) is -6.81. The molecule has 3 aromatic rings. The van der Waals surface area contributed by atoms with Gasteiger partial charge in [0.05, 0.1) is 25.6 Å². The van der Waals surface area contributed by atoms with E-state index in [0.717, 1.165) is 29.0 Å². The maximum atomic E-state index is 12.8. The van der Waals surface area contributed by atoms with Crippen molar-refractivity contribution in [1.29, 1.82) is 0 Å². The number of imidazole rings is 1. The number of aliphatic hydroxyl groups is 3. The zero-order chi connectivity index (χ0) is 46.1. The van der Waals surface area contributed by atoms with Crippen LogP contribution in [0.4, 0.5) is 5.82 Å². The topological polar surface area (TPSA) is 393 Å². The van der Waals surface area contributed by atoms with Crippen molar-refractivity contribution < 1.29 is 90.3 Å². The molecule has 8 atom stereocenters. The van der Waals surface area contributed by atoms with E-state index in [9.17, 15) is 63.0 Å². The number of phosphoric acid groups is 3. The van der Waals surface area contributed by atoms with Crippen LogP contribution in [0.25, 0.3) is 11.2 Å². The van der Waals surface area contributed by atoms with Gasteiger partial charge in [-0.25, -0.2) is 28.6 Å².